The van der Waals surface area contributed by atoms with Crippen LogP contribution >= 0.6 is 0 Å². The van der Waals surface area contributed by atoms with E-state index in [1.54, 1.807) is 43.5 Å². The molecule has 1 N–H and O–H groups in total. The molecule has 0 aliphatic carbocycles. The lowest BCUT2D eigenvalue weighted by Gasteiger charge is -2.10. The van der Waals surface area contributed by atoms with Gasteiger partial charge in [0.15, 0.2) is 0 Å². The summed E-state index contributed by atoms with van der Waals surface area (Å²) in [5.74, 6) is -0.939. The van der Waals surface area contributed by atoms with Crippen LogP contribution in [0.5, 0.6) is 0 Å². The number of aromatic nitrogens is 1. The van der Waals surface area contributed by atoms with Gasteiger partial charge in [-0.2, -0.15) is 0 Å². The Morgan fingerprint density at radius 3 is 2.64 bits per heavy atom. The highest BCUT2D eigenvalue weighted by Crippen LogP contribution is 2.15. The minimum atomic E-state index is -0.539. The van der Waals surface area contributed by atoms with Crippen LogP contribution in [0, 0.1) is 6.92 Å². The molecule has 0 aliphatic rings. The maximum Gasteiger partial charge on any atom is 0.339 e. The Balaban J connectivity index is 2.16. The summed E-state index contributed by atoms with van der Waals surface area (Å²) in [6.45, 7) is 1.67. The molecule has 0 saturated carbocycles. The number of carbonyl (C=O) groups excluding carboxylic acids is 2. The number of nitrogens with one attached hydrogen (secondary N) is 1. The van der Waals surface area contributed by atoms with E-state index in [-0.39, 0.29) is 17.7 Å². The van der Waals surface area contributed by atoms with Crippen molar-refractivity contribution in [2.45, 2.75) is 13.5 Å². The van der Waals surface area contributed by atoms with Crippen LogP contribution < -0.4 is 10.9 Å². The van der Waals surface area contributed by atoms with Crippen LogP contribution in [0.2, 0.25) is 0 Å². The van der Waals surface area contributed by atoms with E-state index in [0.717, 1.165) is 5.56 Å². The predicted octanol–water partition coefficient (Wildman–Crippen LogP) is 1.58. The normalized spacial score (nSPS) is 10.1. The lowest BCUT2D eigenvalue weighted by molar-refractivity contribution is -0.116. The molecule has 0 atom stereocenters. The first kappa shape index (κ1) is 15.5. The van der Waals surface area contributed by atoms with Crippen molar-refractivity contribution in [3.8, 4) is 0 Å². The first-order valence-electron chi connectivity index (χ1n) is 6.65. The van der Waals surface area contributed by atoms with E-state index in [2.05, 4.69) is 10.1 Å². The van der Waals surface area contributed by atoms with Gasteiger partial charge in [0, 0.05) is 12.3 Å². The van der Waals surface area contributed by atoms with E-state index >= 15 is 0 Å². The molecular weight excluding hydrogens is 284 g/mol. The zero-order valence-corrected chi connectivity index (χ0v) is 12.3. The highest BCUT2D eigenvalue weighted by atomic mass is 16.5. The number of carbonyl (C=O) groups is 2. The Kier molecular flexibility index (Phi) is 4.73. The molecule has 0 bridgehead atoms. The van der Waals surface area contributed by atoms with Gasteiger partial charge in [-0.3, -0.25) is 9.59 Å². The largest absolute Gasteiger partial charge is 0.465 e. The standard InChI is InChI=1S/C16H16N2O4/c1-11-7-8-18(15(20)9-11)10-14(19)17-13-6-4-3-5-12(13)16(21)22-2/h3-9H,10H2,1-2H3,(H,17,19). The number of hydrogen-bond donors (Lipinski definition) is 1. The summed E-state index contributed by atoms with van der Waals surface area (Å²) < 4.78 is 5.96. The van der Waals surface area contributed by atoms with Crippen LogP contribution in [0.4, 0.5) is 5.69 Å². The van der Waals surface area contributed by atoms with Gasteiger partial charge in [-0.25, -0.2) is 4.79 Å². The smallest absolute Gasteiger partial charge is 0.339 e. The number of aryl methyl sites for hydroxylation is 1. The summed E-state index contributed by atoms with van der Waals surface area (Å²) in [7, 11) is 1.27. The number of amides is 1. The quantitative estimate of drug-likeness (QED) is 0.870. The van der Waals surface area contributed by atoms with Gasteiger partial charge in [0.2, 0.25) is 5.91 Å². The molecule has 1 aromatic heterocycles. The molecule has 0 aliphatic heterocycles. The van der Waals surface area contributed by atoms with E-state index in [0.29, 0.717) is 5.69 Å². The predicted molar refractivity (Wildman–Crippen MR) is 81.9 cm³/mol. The molecule has 0 fully saturated rings. The number of anilines is 1. The average Bonchev–Trinajstić information content (AvgIpc) is 2.50. The molecule has 114 valence electrons. The molecule has 1 amide bonds. The zero-order chi connectivity index (χ0) is 16.1. The highest BCUT2D eigenvalue weighted by molar-refractivity contribution is 6.01. The monoisotopic (exact) mass is 300 g/mol. The van der Waals surface area contributed by atoms with Gasteiger partial charge in [-0.05, 0) is 30.7 Å². The molecule has 0 spiro atoms. The van der Waals surface area contributed by atoms with Gasteiger partial charge in [0.05, 0.1) is 18.4 Å². The maximum absolute atomic E-state index is 12.1. The zero-order valence-electron chi connectivity index (χ0n) is 12.3. The Hall–Kier alpha value is -2.89. The molecule has 1 aromatic carbocycles. The summed E-state index contributed by atoms with van der Waals surface area (Å²) in [6, 6.07) is 9.72. The minimum Gasteiger partial charge on any atom is -0.465 e. The number of benzene rings is 1. The molecule has 0 saturated heterocycles. The number of esters is 1. The lowest BCUT2D eigenvalue weighted by Crippen LogP contribution is -2.27. The van der Waals surface area contributed by atoms with E-state index in [1.807, 2.05) is 0 Å². The van der Waals surface area contributed by atoms with Crippen LogP contribution in [0.3, 0.4) is 0 Å². The summed E-state index contributed by atoms with van der Waals surface area (Å²) in [5.41, 5.74) is 1.18. The van der Waals surface area contributed by atoms with Crippen molar-refractivity contribution in [1.82, 2.24) is 4.57 Å². The number of ether oxygens (including phenoxy) is 1. The van der Waals surface area contributed by atoms with Crippen LogP contribution in [-0.2, 0) is 16.1 Å². The first-order chi connectivity index (χ1) is 10.5. The average molecular weight is 300 g/mol. The van der Waals surface area contributed by atoms with Gasteiger partial charge in [-0.15, -0.1) is 0 Å². The second-order valence-corrected chi connectivity index (χ2v) is 4.76. The van der Waals surface area contributed by atoms with Gasteiger partial charge in [0.1, 0.15) is 6.54 Å². The van der Waals surface area contributed by atoms with Crippen molar-refractivity contribution in [2.24, 2.45) is 0 Å². The van der Waals surface area contributed by atoms with Crippen molar-refractivity contribution in [3.63, 3.8) is 0 Å². The van der Waals surface area contributed by atoms with Crippen molar-refractivity contribution >= 4 is 17.6 Å². The number of pyridine rings is 1. The molecule has 22 heavy (non-hydrogen) atoms. The molecule has 1 heterocycles. The number of methoxy groups -OCH3 is 1. The van der Waals surface area contributed by atoms with E-state index in [9.17, 15) is 14.4 Å². The van der Waals surface area contributed by atoms with E-state index < -0.39 is 11.9 Å². The highest BCUT2D eigenvalue weighted by Gasteiger charge is 2.13. The lowest BCUT2D eigenvalue weighted by atomic mass is 10.2. The SMILES string of the molecule is COC(=O)c1ccccc1NC(=O)Cn1ccc(C)cc1=O. The fourth-order valence-corrected chi connectivity index (χ4v) is 1.96. The summed E-state index contributed by atoms with van der Waals surface area (Å²) >= 11 is 0. The second kappa shape index (κ2) is 6.71. The van der Waals surface area contributed by atoms with Crippen molar-refractivity contribution < 1.29 is 14.3 Å². The summed E-state index contributed by atoms with van der Waals surface area (Å²) in [4.78, 5) is 35.5. The Labute approximate surface area is 127 Å². The Bertz CT molecular complexity index is 765. The molecule has 2 rings (SSSR count). The van der Waals surface area contributed by atoms with Crippen LogP contribution in [0.1, 0.15) is 15.9 Å². The number of nitrogens with zero attached hydrogens (tertiary/aromatic N) is 1. The van der Waals surface area contributed by atoms with Crippen molar-refractivity contribution in [1.29, 1.82) is 0 Å². The molecular formula is C16H16N2O4. The fourth-order valence-electron chi connectivity index (χ4n) is 1.96. The number of rotatable bonds is 4. The third-order valence-corrected chi connectivity index (χ3v) is 3.07. The molecule has 0 unspecified atom stereocenters. The van der Waals surface area contributed by atoms with Crippen LogP contribution in [0.25, 0.3) is 0 Å². The third-order valence-electron chi connectivity index (χ3n) is 3.07. The topological polar surface area (TPSA) is 77.4 Å². The summed E-state index contributed by atoms with van der Waals surface area (Å²) in [6.07, 6.45) is 1.56. The van der Waals surface area contributed by atoms with Gasteiger partial charge >= 0.3 is 5.97 Å². The minimum absolute atomic E-state index is 0.130. The molecule has 6 heteroatoms. The Morgan fingerprint density at radius 1 is 1.23 bits per heavy atom. The summed E-state index contributed by atoms with van der Waals surface area (Å²) in [5, 5.41) is 2.62. The van der Waals surface area contributed by atoms with Crippen molar-refractivity contribution in [2.75, 3.05) is 12.4 Å². The Morgan fingerprint density at radius 2 is 1.95 bits per heavy atom. The van der Waals surface area contributed by atoms with Gasteiger partial charge in [0.25, 0.3) is 5.56 Å². The first-order valence-corrected chi connectivity index (χ1v) is 6.65. The molecule has 2 aromatic rings. The number of hydrogen-bond acceptors (Lipinski definition) is 4. The van der Waals surface area contributed by atoms with Gasteiger partial charge in [-0.1, -0.05) is 12.1 Å². The molecule has 0 radical (unpaired) electrons. The maximum atomic E-state index is 12.1. The van der Waals surface area contributed by atoms with Crippen LogP contribution in [0.15, 0.2) is 47.4 Å². The van der Waals surface area contributed by atoms with E-state index in [4.69, 9.17) is 0 Å². The molecule has 6 nitrogen and oxygen atoms in total. The van der Waals surface area contributed by atoms with Gasteiger partial charge < -0.3 is 14.6 Å². The van der Waals surface area contributed by atoms with Crippen molar-refractivity contribution in [3.05, 3.63) is 64.1 Å². The second-order valence-electron chi connectivity index (χ2n) is 4.76. The third kappa shape index (κ3) is 3.60. The van der Waals surface area contributed by atoms with Crippen LogP contribution in [-0.4, -0.2) is 23.6 Å². The van der Waals surface area contributed by atoms with E-state index in [1.165, 1.54) is 17.7 Å². The fraction of sp³-hybridized carbons (Fsp3) is 0.188. The number of para-hydroxylation sites is 1.